The van der Waals surface area contributed by atoms with Crippen molar-refractivity contribution in [3.63, 3.8) is 0 Å². The SMILES string of the molecule is CCCCCCCCC(CCCCCC)COC(=O)CCC(C)(c1ccc(O)cc1)c1ccc(O)cc1. The Bertz CT molecular complexity index is 827. The summed E-state index contributed by atoms with van der Waals surface area (Å²) in [5.41, 5.74) is 1.58. The molecule has 0 aliphatic heterocycles. The Morgan fingerprint density at radius 1 is 0.730 bits per heavy atom. The van der Waals surface area contributed by atoms with Crippen molar-refractivity contribution in [2.24, 2.45) is 5.92 Å². The predicted molar refractivity (Wildman–Crippen MR) is 153 cm³/mol. The molecular formula is C33H50O4. The third-order valence-corrected chi connectivity index (χ3v) is 7.75. The number of hydrogen-bond acceptors (Lipinski definition) is 4. The van der Waals surface area contributed by atoms with Crippen LogP contribution < -0.4 is 0 Å². The molecule has 4 heteroatoms. The van der Waals surface area contributed by atoms with Gasteiger partial charge >= 0.3 is 5.97 Å². The lowest BCUT2D eigenvalue weighted by Gasteiger charge is -2.31. The van der Waals surface area contributed by atoms with E-state index in [1.165, 1.54) is 64.2 Å². The van der Waals surface area contributed by atoms with Gasteiger partial charge in [-0.15, -0.1) is 0 Å². The Hall–Kier alpha value is -2.49. The highest BCUT2D eigenvalue weighted by molar-refractivity contribution is 5.69. The molecule has 1 atom stereocenters. The van der Waals surface area contributed by atoms with Crippen LogP contribution in [0.1, 0.15) is 122 Å². The van der Waals surface area contributed by atoms with E-state index in [9.17, 15) is 15.0 Å². The van der Waals surface area contributed by atoms with Crippen molar-refractivity contribution in [1.29, 1.82) is 0 Å². The number of unbranched alkanes of at least 4 members (excludes halogenated alkanes) is 8. The van der Waals surface area contributed by atoms with Gasteiger partial charge in [0.25, 0.3) is 0 Å². The van der Waals surface area contributed by atoms with Gasteiger partial charge < -0.3 is 14.9 Å². The monoisotopic (exact) mass is 510 g/mol. The van der Waals surface area contributed by atoms with Crippen molar-refractivity contribution in [2.75, 3.05) is 6.61 Å². The summed E-state index contributed by atoms with van der Waals surface area (Å²) in [6, 6.07) is 14.3. The van der Waals surface area contributed by atoms with Crippen LogP contribution in [0.5, 0.6) is 11.5 Å². The molecule has 0 radical (unpaired) electrons. The summed E-state index contributed by atoms with van der Waals surface area (Å²) in [6.07, 6.45) is 15.9. The van der Waals surface area contributed by atoms with Crippen molar-refractivity contribution < 1.29 is 19.7 Å². The molecule has 1 unspecified atom stereocenters. The van der Waals surface area contributed by atoms with Crippen molar-refractivity contribution >= 4 is 5.97 Å². The van der Waals surface area contributed by atoms with Gasteiger partial charge in [-0.25, -0.2) is 0 Å². The second kappa shape index (κ2) is 17.1. The van der Waals surface area contributed by atoms with Crippen LogP contribution >= 0.6 is 0 Å². The molecular weight excluding hydrogens is 460 g/mol. The Balaban J connectivity index is 1.95. The first-order valence-corrected chi connectivity index (χ1v) is 14.6. The highest BCUT2D eigenvalue weighted by atomic mass is 16.5. The van der Waals surface area contributed by atoms with E-state index in [0.717, 1.165) is 24.0 Å². The van der Waals surface area contributed by atoms with E-state index in [0.29, 0.717) is 25.4 Å². The first kappa shape index (κ1) is 30.7. The zero-order chi connectivity index (χ0) is 26.9. The van der Waals surface area contributed by atoms with Crippen molar-refractivity contribution in [1.82, 2.24) is 0 Å². The van der Waals surface area contributed by atoms with Crippen LogP contribution in [0.25, 0.3) is 0 Å². The average molecular weight is 511 g/mol. The first-order valence-electron chi connectivity index (χ1n) is 14.6. The van der Waals surface area contributed by atoms with Crippen LogP contribution in [0.4, 0.5) is 0 Å². The minimum Gasteiger partial charge on any atom is -0.508 e. The summed E-state index contributed by atoms with van der Waals surface area (Å²) in [6.45, 7) is 7.11. The van der Waals surface area contributed by atoms with Crippen LogP contribution in [-0.2, 0) is 14.9 Å². The molecule has 2 rings (SSSR count). The van der Waals surface area contributed by atoms with Gasteiger partial charge in [-0.05, 0) is 60.6 Å². The molecule has 0 aliphatic rings. The van der Waals surface area contributed by atoms with E-state index in [1.54, 1.807) is 24.3 Å². The fourth-order valence-corrected chi connectivity index (χ4v) is 5.13. The van der Waals surface area contributed by atoms with Crippen LogP contribution in [0, 0.1) is 5.92 Å². The summed E-state index contributed by atoms with van der Waals surface area (Å²) in [4.78, 5) is 12.9. The van der Waals surface area contributed by atoms with Crippen LogP contribution in [0.2, 0.25) is 0 Å². The largest absolute Gasteiger partial charge is 0.508 e. The van der Waals surface area contributed by atoms with E-state index in [-0.39, 0.29) is 17.5 Å². The van der Waals surface area contributed by atoms with E-state index in [1.807, 2.05) is 24.3 Å². The second-order valence-corrected chi connectivity index (χ2v) is 10.9. The lowest BCUT2D eigenvalue weighted by molar-refractivity contribution is -0.145. The normalized spacial score (nSPS) is 12.4. The number of carbonyl (C=O) groups is 1. The molecule has 0 heterocycles. The standard InChI is InChI=1S/C33H50O4/c1-4-6-8-10-11-13-15-27(14-12-9-7-5-2)26-37-32(36)24-25-33(3,28-16-20-30(34)21-17-28)29-18-22-31(35)23-19-29/h16-23,27,34-35H,4-15,24-26H2,1-3H3. The smallest absolute Gasteiger partial charge is 0.305 e. The van der Waals surface area contributed by atoms with E-state index in [4.69, 9.17) is 4.74 Å². The van der Waals surface area contributed by atoms with Crippen LogP contribution in [-0.4, -0.2) is 22.8 Å². The molecule has 0 fully saturated rings. The molecule has 0 bridgehead atoms. The number of aromatic hydroxyl groups is 2. The molecule has 37 heavy (non-hydrogen) atoms. The van der Waals surface area contributed by atoms with Crippen molar-refractivity contribution in [2.45, 2.75) is 116 Å². The molecule has 0 amide bonds. The molecule has 206 valence electrons. The number of ether oxygens (including phenoxy) is 1. The van der Waals surface area contributed by atoms with Crippen molar-refractivity contribution in [3.05, 3.63) is 59.7 Å². The summed E-state index contributed by atoms with van der Waals surface area (Å²) in [5, 5.41) is 19.5. The highest BCUT2D eigenvalue weighted by Crippen LogP contribution is 2.38. The van der Waals surface area contributed by atoms with E-state index >= 15 is 0 Å². The minimum atomic E-state index is -0.446. The van der Waals surface area contributed by atoms with Gasteiger partial charge in [-0.1, -0.05) is 109 Å². The molecule has 2 N–H and O–H groups in total. The third kappa shape index (κ3) is 11.2. The maximum absolute atomic E-state index is 12.9. The molecule has 2 aromatic carbocycles. The van der Waals surface area contributed by atoms with Crippen LogP contribution in [0.3, 0.4) is 0 Å². The molecule has 2 aromatic rings. The second-order valence-electron chi connectivity index (χ2n) is 10.9. The Morgan fingerprint density at radius 3 is 1.65 bits per heavy atom. The zero-order valence-electron chi connectivity index (χ0n) is 23.5. The van der Waals surface area contributed by atoms with Gasteiger partial charge in [0.15, 0.2) is 0 Å². The number of carbonyl (C=O) groups excluding carboxylic acids is 1. The predicted octanol–water partition coefficient (Wildman–Crippen LogP) is 9.06. The fraction of sp³-hybridized carbons (Fsp3) is 0.606. The summed E-state index contributed by atoms with van der Waals surface area (Å²) in [7, 11) is 0. The quantitative estimate of drug-likeness (QED) is 0.146. The number of hydrogen-bond donors (Lipinski definition) is 2. The topological polar surface area (TPSA) is 66.8 Å². The number of phenolic OH excluding ortho intramolecular Hbond substituents is 2. The third-order valence-electron chi connectivity index (χ3n) is 7.75. The number of phenols is 2. The Labute approximate surface area is 225 Å². The van der Waals surface area contributed by atoms with Crippen LogP contribution in [0.15, 0.2) is 48.5 Å². The molecule has 0 saturated carbocycles. The minimum absolute atomic E-state index is 0.148. The number of esters is 1. The first-order chi connectivity index (χ1) is 17.9. The Kier molecular flexibility index (Phi) is 14.2. The van der Waals surface area contributed by atoms with Gasteiger partial charge in [-0.3, -0.25) is 4.79 Å². The Morgan fingerprint density at radius 2 is 1.16 bits per heavy atom. The molecule has 0 saturated heterocycles. The molecule has 0 aromatic heterocycles. The fourth-order valence-electron chi connectivity index (χ4n) is 5.13. The molecule has 4 nitrogen and oxygen atoms in total. The van der Waals surface area contributed by atoms with Gasteiger partial charge in [0.1, 0.15) is 11.5 Å². The maximum Gasteiger partial charge on any atom is 0.305 e. The summed E-state index contributed by atoms with van der Waals surface area (Å²) >= 11 is 0. The summed E-state index contributed by atoms with van der Waals surface area (Å²) in [5.74, 6) is 0.732. The van der Waals surface area contributed by atoms with E-state index in [2.05, 4.69) is 20.8 Å². The van der Waals surface area contributed by atoms with E-state index < -0.39 is 5.41 Å². The molecule has 0 aliphatic carbocycles. The zero-order valence-corrected chi connectivity index (χ0v) is 23.5. The average Bonchev–Trinajstić information content (AvgIpc) is 2.90. The van der Waals surface area contributed by atoms with Gasteiger partial charge in [0.2, 0.25) is 0 Å². The van der Waals surface area contributed by atoms with Gasteiger partial charge in [-0.2, -0.15) is 0 Å². The number of rotatable bonds is 19. The molecule has 0 spiro atoms. The maximum atomic E-state index is 12.9. The lowest BCUT2D eigenvalue weighted by atomic mass is 9.73. The summed E-state index contributed by atoms with van der Waals surface area (Å²) < 4.78 is 5.84. The highest BCUT2D eigenvalue weighted by Gasteiger charge is 2.30. The number of benzene rings is 2. The van der Waals surface area contributed by atoms with Crippen molar-refractivity contribution in [3.8, 4) is 11.5 Å². The lowest BCUT2D eigenvalue weighted by Crippen LogP contribution is -2.25. The van der Waals surface area contributed by atoms with Gasteiger partial charge in [0, 0.05) is 11.8 Å². The van der Waals surface area contributed by atoms with Gasteiger partial charge in [0.05, 0.1) is 6.61 Å².